The summed E-state index contributed by atoms with van der Waals surface area (Å²) in [6.07, 6.45) is 2.31. The SMILES string of the molecule is CCCNC(=O)C(C)N(Cc1ccc(OC)cc1)C(=O)CCCN(c1ccc(OCC)cc1)S(C)(=O)=O. The lowest BCUT2D eigenvalue weighted by molar-refractivity contribution is -0.140. The van der Waals surface area contributed by atoms with E-state index in [4.69, 9.17) is 9.47 Å². The maximum absolute atomic E-state index is 13.3. The minimum Gasteiger partial charge on any atom is -0.497 e. The van der Waals surface area contributed by atoms with Crippen LogP contribution in [0.4, 0.5) is 5.69 Å². The highest BCUT2D eigenvalue weighted by atomic mass is 32.2. The number of sulfonamides is 1. The van der Waals surface area contributed by atoms with Gasteiger partial charge in [0.05, 0.1) is 25.7 Å². The number of benzene rings is 2. The van der Waals surface area contributed by atoms with Crippen molar-refractivity contribution >= 4 is 27.5 Å². The van der Waals surface area contributed by atoms with Crippen LogP contribution in [0.5, 0.6) is 11.5 Å². The number of rotatable bonds is 15. The van der Waals surface area contributed by atoms with Crippen molar-refractivity contribution in [3.63, 3.8) is 0 Å². The first kappa shape index (κ1) is 30.0. The summed E-state index contributed by atoms with van der Waals surface area (Å²) in [6, 6.07) is 13.4. The van der Waals surface area contributed by atoms with Gasteiger partial charge in [-0.25, -0.2) is 8.42 Å². The fourth-order valence-corrected chi connectivity index (χ4v) is 4.75. The summed E-state index contributed by atoms with van der Waals surface area (Å²) in [6.45, 7) is 6.96. The lowest BCUT2D eigenvalue weighted by atomic mass is 10.1. The summed E-state index contributed by atoms with van der Waals surface area (Å²) in [7, 11) is -1.98. The summed E-state index contributed by atoms with van der Waals surface area (Å²) < 4.78 is 36.9. The van der Waals surface area contributed by atoms with Crippen molar-refractivity contribution < 1.29 is 27.5 Å². The molecule has 1 N–H and O–H groups in total. The number of methoxy groups -OCH3 is 1. The van der Waals surface area contributed by atoms with Gasteiger partial charge in [-0.1, -0.05) is 19.1 Å². The standard InChI is InChI=1S/C27H39N3O6S/c1-6-18-28-27(32)21(3)29(20-22-10-14-24(35-4)15-11-22)26(31)9-8-19-30(37(5,33)34)23-12-16-25(17-13-23)36-7-2/h10-17,21H,6-9,18-20H2,1-5H3,(H,28,32). The third-order valence-electron chi connectivity index (χ3n) is 5.82. The Kier molecular flexibility index (Phi) is 11.7. The molecule has 0 aromatic heterocycles. The Morgan fingerprint density at radius 1 is 1.00 bits per heavy atom. The number of hydrogen-bond donors (Lipinski definition) is 1. The van der Waals surface area contributed by atoms with Gasteiger partial charge in [0, 0.05) is 26.1 Å². The van der Waals surface area contributed by atoms with Gasteiger partial charge in [-0.3, -0.25) is 13.9 Å². The monoisotopic (exact) mass is 533 g/mol. The maximum atomic E-state index is 13.3. The van der Waals surface area contributed by atoms with E-state index in [1.165, 1.54) is 9.21 Å². The van der Waals surface area contributed by atoms with Gasteiger partial charge in [0.1, 0.15) is 17.5 Å². The molecule has 1 atom stereocenters. The zero-order chi connectivity index (χ0) is 27.4. The summed E-state index contributed by atoms with van der Waals surface area (Å²) >= 11 is 0. The number of carbonyl (C=O) groups is 2. The minimum atomic E-state index is -3.56. The molecule has 0 bridgehead atoms. The second-order valence-electron chi connectivity index (χ2n) is 8.70. The Morgan fingerprint density at radius 3 is 2.16 bits per heavy atom. The summed E-state index contributed by atoms with van der Waals surface area (Å²) in [5.74, 6) is 0.899. The first-order chi connectivity index (χ1) is 17.6. The van der Waals surface area contributed by atoms with Crippen molar-refractivity contribution in [2.24, 2.45) is 0 Å². The van der Waals surface area contributed by atoms with E-state index >= 15 is 0 Å². The minimum absolute atomic E-state index is 0.0879. The van der Waals surface area contributed by atoms with Crippen LogP contribution in [0.3, 0.4) is 0 Å². The van der Waals surface area contributed by atoms with E-state index in [1.54, 1.807) is 50.4 Å². The summed E-state index contributed by atoms with van der Waals surface area (Å²) in [5.41, 5.74) is 1.36. The van der Waals surface area contributed by atoms with Gasteiger partial charge in [-0.05, 0) is 68.7 Å². The number of amides is 2. The first-order valence-electron chi connectivity index (χ1n) is 12.5. The molecule has 37 heavy (non-hydrogen) atoms. The molecule has 0 saturated heterocycles. The smallest absolute Gasteiger partial charge is 0.242 e. The number of nitrogens with zero attached hydrogens (tertiary/aromatic N) is 2. The summed E-state index contributed by atoms with van der Waals surface area (Å²) in [5, 5.41) is 2.85. The Labute approximate surface area is 220 Å². The maximum Gasteiger partial charge on any atom is 0.242 e. The molecule has 0 radical (unpaired) electrons. The molecule has 2 amide bonds. The van der Waals surface area contributed by atoms with Gasteiger partial charge in [-0.15, -0.1) is 0 Å². The van der Waals surface area contributed by atoms with E-state index in [1.807, 2.05) is 26.0 Å². The van der Waals surface area contributed by atoms with Gasteiger partial charge >= 0.3 is 0 Å². The molecule has 0 heterocycles. The highest BCUT2D eigenvalue weighted by Gasteiger charge is 2.26. The number of anilines is 1. The highest BCUT2D eigenvalue weighted by Crippen LogP contribution is 2.23. The van der Waals surface area contributed by atoms with Crippen LogP contribution in [0.2, 0.25) is 0 Å². The van der Waals surface area contributed by atoms with E-state index in [2.05, 4.69) is 5.32 Å². The largest absolute Gasteiger partial charge is 0.497 e. The van der Waals surface area contributed by atoms with E-state index in [0.717, 1.165) is 18.2 Å². The van der Waals surface area contributed by atoms with Crippen LogP contribution in [-0.2, 0) is 26.2 Å². The van der Waals surface area contributed by atoms with Crippen LogP contribution in [0, 0.1) is 0 Å². The topological polar surface area (TPSA) is 105 Å². The molecule has 0 spiro atoms. The third kappa shape index (κ3) is 9.27. The number of carbonyl (C=O) groups excluding carboxylic acids is 2. The molecule has 0 aliphatic heterocycles. The molecule has 9 nitrogen and oxygen atoms in total. The average molecular weight is 534 g/mol. The molecule has 0 fully saturated rings. The molecular formula is C27H39N3O6S. The quantitative estimate of drug-likeness (QED) is 0.375. The van der Waals surface area contributed by atoms with Crippen molar-refractivity contribution in [1.29, 1.82) is 0 Å². The van der Waals surface area contributed by atoms with Gasteiger partial charge in [0.15, 0.2) is 0 Å². The predicted molar refractivity (Wildman–Crippen MR) is 145 cm³/mol. The molecule has 204 valence electrons. The van der Waals surface area contributed by atoms with Crippen LogP contribution in [0.1, 0.15) is 45.6 Å². The summed E-state index contributed by atoms with van der Waals surface area (Å²) in [4.78, 5) is 27.5. The van der Waals surface area contributed by atoms with Crippen LogP contribution >= 0.6 is 0 Å². The van der Waals surface area contributed by atoms with Gasteiger partial charge < -0.3 is 19.7 Å². The molecule has 2 aromatic rings. The van der Waals surface area contributed by atoms with Crippen LogP contribution < -0.4 is 19.1 Å². The van der Waals surface area contributed by atoms with E-state index in [9.17, 15) is 18.0 Å². The Bertz CT molecular complexity index is 1100. The zero-order valence-corrected chi connectivity index (χ0v) is 23.2. The van der Waals surface area contributed by atoms with E-state index in [0.29, 0.717) is 36.8 Å². The molecule has 0 saturated carbocycles. The second kappa shape index (κ2) is 14.5. The van der Waals surface area contributed by atoms with Crippen molar-refractivity contribution in [3.8, 4) is 11.5 Å². The van der Waals surface area contributed by atoms with Gasteiger partial charge in [0.25, 0.3) is 0 Å². The van der Waals surface area contributed by atoms with Crippen LogP contribution in [-0.4, -0.2) is 64.2 Å². The fraction of sp³-hybridized carbons (Fsp3) is 0.481. The molecule has 1 unspecified atom stereocenters. The fourth-order valence-electron chi connectivity index (χ4n) is 3.79. The molecule has 2 aromatic carbocycles. The zero-order valence-electron chi connectivity index (χ0n) is 22.4. The lowest BCUT2D eigenvalue weighted by Gasteiger charge is -2.29. The van der Waals surface area contributed by atoms with Gasteiger partial charge in [-0.2, -0.15) is 0 Å². The second-order valence-corrected chi connectivity index (χ2v) is 10.6. The van der Waals surface area contributed by atoms with Crippen molar-refractivity contribution in [2.45, 2.75) is 52.6 Å². The Hall–Kier alpha value is -3.27. The first-order valence-corrected chi connectivity index (χ1v) is 14.4. The number of nitrogens with one attached hydrogen (secondary N) is 1. The molecule has 2 rings (SSSR count). The molecule has 0 aliphatic carbocycles. The average Bonchev–Trinajstić information content (AvgIpc) is 2.88. The normalized spacial score (nSPS) is 11.9. The number of ether oxygens (including phenoxy) is 2. The third-order valence-corrected chi connectivity index (χ3v) is 7.01. The highest BCUT2D eigenvalue weighted by molar-refractivity contribution is 7.92. The van der Waals surface area contributed by atoms with Crippen molar-refractivity contribution in [3.05, 3.63) is 54.1 Å². The molecule has 0 aliphatic rings. The molecule has 10 heteroatoms. The predicted octanol–water partition coefficient (Wildman–Crippen LogP) is 3.58. The molecular weight excluding hydrogens is 494 g/mol. The van der Waals surface area contributed by atoms with Crippen LogP contribution in [0.25, 0.3) is 0 Å². The lowest BCUT2D eigenvalue weighted by Crippen LogP contribution is -2.47. The van der Waals surface area contributed by atoms with Crippen molar-refractivity contribution in [1.82, 2.24) is 10.2 Å². The van der Waals surface area contributed by atoms with E-state index in [-0.39, 0.29) is 31.3 Å². The van der Waals surface area contributed by atoms with Gasteiger partial charge in [0.2, 0.25) is 21.8 Å². The van der Waals surface area contributed by atoms with E-state index < -0.39 is 16.1 Å². The number of hydrogen-bond acceptors (Lipinski definition) is 6. The Morgan fingerprint density at radius 2 is 1.62 bits per heavy atom. The Balaban J connectivity index is 2.14. The van der Waals surface area contributed by atoms with Crippen LogP contribution in [0.15, 0.2) is 48.5 Å². The van der Waals surface area contributed by atoms with Crippen molar-refractivity contribution in [2.75, 3.05) is 37.4 Å².